The summed E-state index contributed by atoms with van der Waals surface area (Å²) in [6.45, 7) is 6.30. The molecule has 1 aromatic carbocycles. The van der Waals surface area contributed by atoms with Crippen LogP contribution in [-0.4, -0.2) is 65.5 Å². The van der Waals surface area contributed by atoms with E-state index in [2.05, 4.69) is 20.6 Å². The maximum Gasteiger partial charge on any atom is 0.416 e. The number of carbonyl (C=O) groups excluding carboxylic acids is 2. The third-order valence-electron chi connectivity index (χ3n) is 6.08. The molecular formula is C23H29F3N6O3S. The van der Waals surface area contributed by atoms with Crippen LogP contribution in [0.3, 0.4) is 0 Å². The van der Waals surface area contributed by atoms with Crippen molar-refractivity contribution in [2.75, 3.05) is 42.3 Å². The number of aromatic nitrogens is 2. The van der Waals surface area contributed by atoms with Crippen LogP contribution < -0.4 is 20.3 Å². The number of carbonyl (C=O) groups is 2. The van der Waals surface area contributed by atoms with Crippen LogP contribution in [0.2, 0.25) is 0 Å². The zero-order valence-corrected chi connectivity index (χ0v) is 21.3. The van der Waals surface area contributed by atoms with Gasteiger partial charge >= 0.3 is 6.18 Å². The summed E-state index contributed by atoms with van der Waals surface area (Å²) in [5.41, 5.74) is 0.448. The van der Waals surface area contributed by atoms with Crippen LogP contribution in [0.5, 0.6) is 5.75 Å². The Balaban J connectivity index is 0.00000361. The van der Waals surface area contributed by atoms with Gasteiger partial charge in [0.15, 0.2) is 12.4 Å². The maximum atomic E-state index is 12.6. The molecule has 2 aliphatic heterocycles. The minimum atomic E-state index is -4.42. The highest BCUT2D eigenvalue weighted by molar-refractivity contribution is 7.59. The first-order chi connectivity index (χ1) is 16.4. The summed E-state index contributed by atoms with van der Waals surface area (Å²) in [7, 11) is 1.83. The Morgan fingerprint density at radius 3 is 2.44 bits per heavy atom. The molecule has 0 saturated carbocycles. The Morgan fingerprint density at radius 1 is 1.22 bits per heavy atom. The van der Waals surface area contributed by atoms with Crippen LogP contribution in [0.1, 0.15) is 25.1 Å². The standard InChI is InChI=1S/C23H27F3N6O3.H2S/c1-12(2)19-21(34)29-18-13(3)27-22(30-20(18)31(19)4)28-15-9-32(10-15)17(33)11-35-16-7-5-14(6-8-16)23(24,25)26;/h5-8,12,15,19H,9-11H2,1-4H3,(H,29,34)(H,27,28,30);1H2/t19-;/m0./s1. The lowest BCUT2D eigenvalue weighted by Crippen LogP contribution is -2.58. The molecule has 2 aromatic rings. The fourth-order valence-corrected chi connectivity index (χ4v) is 4.21. The number of nitrogens with zero attached hydrogens (tertiary/aromatic N) is 4. The van der Waals surface area contributed by atoms with E-state index in [9.17, 15) is 22.8 Å². The fraction of sp³-hybridized carbons (Fsp3) is 0.478. The molecule has 13 heteroatoms. The molecule has 196 valence electrons. The van der Waals surface area contributed by atoms with Crippen LogP contribution >= 0.6 is 13.5 Å². The molecule has 9 nitrogen and oxygen atoms in total. The first-order valence-electron chi connectivity index (χ1n) is 11.2. The largest absolute Gasteiger partial charge is 0.484 e. The van der Waals surface area contributed by atoms with Gasteiger partial charge in [0.25, 0.3) is 5.91 Å². The highest BCUT2D eigenvalue weighted by Crippen LogP contribution is 2.34. The van der Waals surface area contributed by atoms with E-state index >= 15 is 0 Å². The first kappa shape index (κ1) is 27.4. The molecule has 36 heavy (non-hydrogen) atoms. The Hall–Kier alpha value is -3.22. The van der Waals surface area contributed by atoms with E-state index in [0.29, 0.717) is 36.2 Å². The number of rotatable bonds is 6. The van der Waals surface area contributed by atoms with Crippen molar-refractivity contribution in [3.63, 3.8) is 0 Å². The van der Waals surface area contributed by atoms with Gasteiger partial charge in [-0.25, -0.2) is 4.98 Å². The zero-order chi connectivity index (χ0) is 25.5. The fourth-order valence-electron chi connectivity index (χ4n) is 4.21. The summed E-state index contributed by atoms with van der Waals surface area (Å²) in [4.78, 5) is 37.3. The molecule has 0 bridgehead atoms. The number of likely N-dealkylation sites (N-methyl/N-ethyl adjacent to an activating group) is 1. The van der Waals surface area contributed by atoms with Crippen LogP contribution in [0.15, 0.2) is 24.3 Å². The summed E-state index contributed by atoms with van der Waals surface area (Å²) >= 11 is 0. The number of likely N-dealkylation sites (tertiary alicyclic amines) is 1. The number of anilines is 3. The van der Waals surface area contributed by atoms with E-state index in [1.165, 1.54) is 12.1 Å². The molecule has 3 heterocycles. The summed E-state index contributed by atoms with van der Waals surface area (Å²) < 4.78 is 43.2. The predicted molar refractivity (Wildman–Crippen MR) is 134 cm³/mol. The highest BCUT2D eigenvalue weighted by Gasteiger charge is 2.36. The van der Waals surface area contributed by atoms with Gasteiger partial charge in [0.05, 0.1) is 17.3 Å². The average Bonchev–Trinajstić information content (AvgIpc) is 2.74. The second kappa shape index (κ2) is 10.4. The normalized spacial score (nSPS) is 17.7. The van der Waals surface area contributed by atoms with Gasteiger partial charge < -0.3 is 25.2 Å². The predicted octanol–water partition coefficient (Wildman–Crippen LogP) is 3.03. The minimum absolute atomic E-state index is 0. The lowest BCUT2D eigenvalue weighted by atomic mass is 9.99. The number of amides is 2. The third kappa shape index (κ3) is 5.61. The molecule has 0 unspecified atom stereocenters. The van der Waals surface area contributed by atoms with Crippen molar-refractivity contribution >= 4 is 42.8 Å². The highest BCUT2D eigenvalue weighted by atomic mass is 32.1. The molecule has 1 saturated heterocycles. The third-order valence-corrected chi connectivity index (χ3v) is 6.08. The number of aryl methyl sites for hydroxylation is 1. The molecule has 2 amide bonds. The SMILES string of the molecule is Cc1nc(NC2CN(C(=O)COc3ccc(C(F)(F)F)cc3)C2)nc2c1NC(=O)[C@H](C(C)C)N2C.S. The molecular weight excluding hydrogens is 497 g/mol. The Kier molecular flexibility index (Phi) is 7.91. The Bertz CT molecular complexity index is 1120. The number of hydrogen-bond donors (Lipinski definition) is 2. The van der Waals surface area contributed by atoms with Gasteiger partial charge in [-0.15, -0.1) is 0 Å². The maximum absolute atomic E-state index is 12.6. The van der Waals surface area contributed by atoms with E-state index in [1.807, 2.05) is 25.8 Å². The molecule has 0 aliphatic carbocycles. The molecule has 2 aliphatic rings. The number of nitrogens with one attached hydrogen (secondary N) is 2. The first-order valence-corrected chi connectivity index (χ1v) is 11.2. The van der Waals surface area contributed by atoms with E-state index in [0.717, 1.165) is 12.1 Å². The number of alkyl halides is 3. The second-order valence-electron chi connectivity index (χ2n) is 9.07. The van der Waals surface area contributed by atoms with E-state index in [1.54, 1.807) is 11.8 Å². The van der Waals surface area contributed by atoms with Gasteiger partial charge in [0, 0.05) is 20.1 Å². The van der Waals surface area contributed by atoms with E-state index < -0.39 is 11.7 Å². The van der Waals surface area contributed by atoms with Crippen molar-refractivity contribution in [1.82, 2.24) is 14.9 Å². The van der Waals surface area contributed by atoms with Crippen molar-refractivity contribution in [1.29, 1.82) is 0 Å². The molecule has 2 N–H and O–H groups in total. The number of ether oxygens (including phenoxy) is 1. The van der Waals surface area contributed by atoms with Gasteiger partial charge in [0.2, 0.25) is 11.9 Å². The van der Waals surface area contributed by atoms with Gasteiger partial charge in [-0.3, -0.25) is 9.59 Å². The Labute approximate surface area is 213 Å². The van der Waals surface area contributed by atoms with Crippen molar-refractivity contribution in [3.05, 3.63) is 35.5 Å². The van der Waals surface area contributed by atoms with Gasteiger partial charge in [0.1, 0.15) is 17.5 Å². The number of fused-ring (bicyclic) bond motifs is 1. The van der Waals surface area contributed by atoms with Crippen molar-refractivity contribution in [3.8, 4) is 5.75 Å². The summed E-state index contributed by atoms with van der Waals surface area (Å²) in [5, 5.41) is 6.12. The molecule has 1 atom stereocenters. The molecule has 1 fully saturated rings. The van der Waals surface area contributed by atoms with Gasteiger partial charge in [-0.1, -0.05) is 13.8 Å². The number of hydrogen-bond acceptors (Lipinski definition) is 7. The van der Waals surface area contributed by atoms with E-state index in [4.69, 9.17) is 4.74 Å². The van der Waals surface area contributed by atoms with Crippen LogP contribution in [0.25, 0.3) is 0 Å². The molecule has 1 aromatic heterocycles. The quantitative estimate of drug-likeness (QED) is 0.597. The molecule has 0 spiro atoms. The topological polar surface area (TPSA) is 99.7 Å². The zero-order valence-electron chi connectivity index (χ0n) is 20.3. The van der Waals surface area contributed by atoms with Crippen molar-refractivity contribution in [2.45, 2.75) is 39.0 Å². The number of benzene rings is 1. The summed E-state index contributed by atoms with van der Waals surface area (Å²) in [5.74, 6) is 0.966. The van der Waals surface area contributed by atoms with Crippen LogP contribution in [0.4, 0.5) is 30.6 Å². The van der Waals surface area contributed by atoms with Gasteiger partial charge in [-0.05, 0) is 37.1 Å². The summed E-state index contributed by atoms with van der Waals surface area (Å²) in [6.07, 6.45) is -4.42. The van der Waals surface area contributed by atoms with Gasteiger partial charge in [-0.2, -0.15) is 31.7 Å². The average molecular weight is 527 g/mol. The molecule has 0 radical (unpaired) electrons. The minimum Gasteiger partial charge on any atom is -0.484 e. The lowest BCUT2D eigenvalue weighted by Gasteiger charge is -2.40. The molecule has 4 rings (SSSR count). The number of halogens is 3. The smallest absolute Gasteiger partial charge is 0.416 e. The van der Waals surface area contributed by atoms with Crippen molar-refractivity contribution in [2.24, 2.45) is 5.92 Å². The Morgan fingerprint density at radius 2 is 1.86 bits per heavy atom. The van der Waals surface area contributed by atoms with E-state index in [-0.39, 0.29) is 55.7 Å². The second-order valence-corrected chi connectivity index (χ2v) is 9.07. The monoisotopic (exact) mass is 526 g/mol. The van der Waals surface area contributed by atoms with Crippen LogP contribution in [-0.2, 0) is 15.8 Å². The lowest BCUT2D eigenvalue weighted by molar-refractivity contribution is -0.138. The van der Waals surface area contributed by atoms with Crippen molar-refractivity contribution < 1.29 is 27.5 Å². The van der Waals surface area contributed by atoms with Crippen LogP contribution in [0, 0.1) is 12.8 Å². The summed E-state index contributed by atoms with van der Waals surface area (Å²) in [6, 6.07) is 3.80.